The van der Waals surface area contributed by atoms with E-state index in [4.69, 9.17) is 27.2 Å². The number of aliphatic carboxylic acids is 1. The Morgan fingerprint density at radius 3 is 2.72 bits per heavy atom. The Balaban J connectivity index is 1.63. The molecule has 1 saturated heterocycles. The Morgan fingerprint density at radius 1 is 1.25 bits per heavy atom. The van der Waals surface area contributed by atoms with Gasteiger partial charge in [0.1, 0.15) is 11.8 Å². The molecule has 0 spiro atoms. The van der Waals surface area contributed by atoms with E-state index in [2.05, 4.69) is 5.32 Å². The fourth-order valence-electron chi connectivity index (χ4n) is 3.32. The molecule has 1 aliphatic heterocycles. The Labute approximate surface area is 195 Å². The van der Waals surface area contributed by atoms with E-state index in [-0.39, 0.29) is 29.8 Å². The maximum absolute atomic E-state index is 12.9. The van der Waals surface area contributed by atoms with Crippen LogP contribution in [-0.4, -0.2) is 58.1 Å². The van der Waals surface area contributed by atoms with E-state index in [0.717, 1.165) is 5.56 Å². The van der Waals surface area contributed by atoms with Crippen molar-refractivity contribution < 1.29 is 24.2 Å². The number of benzene rings is 2. The quantitative estimate of drug-likeness (QED) is 0.507. The Hall–Kier alpha value is -2.75. The van der Waals surface area contributed by atoms with Gasteiger partial charge in [-0.2, -0.15) is 0 Å². The summed E-state index contributed by atoms with van der Waals surface area (Å²) in [6.45, 7) is -0.562. The number of rotatable bonds is 9. The number of amides is 2. The van der Waals surface area contributed by atoms with Gasteiger partial charge in [0.15, 0.2) is 6.61 Å². The van der Waals surface area contributed by atoms with Crippen molar-refractivity contribution in [2.24, 2.45) is 5.73 Å². The predicted molar refractivity (Wildman–Crippen MR) is 124 cm³/mol. The summed E-state index contributed by atoms with van der Waals surface area (Å²) in [6.07, 6.45) is 0.695. The lowest BCUT2D eigenvalue weighted by Gasteiger charge is -2.25. The molecule has 1 heterocycles. The fraction of sp³-hybridized carbons (Fsp3) is 0.318. The number of carboxylic acid groups (broad SMARTS) is 1. The molecule has 170 valence electrons. The average Bonchev–Trinajstić information content (AvgIpc) is 3.24. The second kappa shape index (κ2) is 11.2. The van der Waals surface area contributed by atoms with E-state index in [0.29, 0.717) is 23.1 Å². The monoisotopic (exact) mass is 477 g/mol. The highest BCUT2D eigenvalue weighted by molar-refractivity contribution is 7.99. The largest absolute Gasteiger partial charge is 0.480 e. The first kappa shape index (κ1) is 23.9. The minimum atomic E-state index is -1.15. The Kier molecular flexibility index (Phi) is 8.38. The van der Waals surface area contributed by atoms with Crippen LogP contribution in [0.3, 0.4) is 0 Å². The van der Waals surface area contributed by atoms with Crippen LogP contribution < -0.4 is 15.8 Å². The summed E-state index contributed by atoms with van der Waals surface area (Å²) < 4.78 is 5.23. The van der Waals surface area contributed by atoms with Gasteiger partial charge in [-0.3, -0.25) is 9.59 Å². The highest BCUT2D eigenvalue weighted by Crippen LogP contribution is 2.30. The summed E-state index contributed by atoms with van der Waals surface area (Å²) >= 11 is 7.50. The zero-order valence-corrected chi connectivity index (χ0v) is 18.8. The van der Waals surface area contributed by atoms with E-state index < -0.39 is 24.5 Å². The van der Waals surface area contributed by atoms with Crippen molar-refractivity contribution >= 4 is 46.8 Å². The summed E-state index contributed by atoms with van der Waals surface area (Å²) in [4.78, 5) is 38.1. The standard InChI is InChI=1S/C22H24ClN3O5S/c23-15-6-7-19(31-11-21(28)29)17(9-15)25-22(30)18-12-32-13-26(18)20(27)10-16(24)8-14-4-2-1-3-5-14/h1-7,9,16,18H,8,10-13,24H2,(H,25,30)(H,28,29)/t16-,18+/m1/s1. The van der Waals surface area contributed by atoms with Gasteiger partial charge in [0.2, 0.25) is 11.8 Å². The average molecular weight is 478 g/mol. The predicted octanol–water partition coefficient (Wildman–Crippen LogP) is 2.60. The number of carbonyl (C=O) groups excluding carboxylic acids is 2. The number of halogens is 1. The molecule has 3 rings (SSSR count). The second-order valence-electron chi connectivity index (χ2n) is 7.35. The normalized spacial score (nSPS) is 16.4. The molecule has 10 heteroatoms. The van der Waals surface area contributed by atoms with Gasteiger partial charge in [0.05, 0.1) is 11.6 Å². The second-order valence-corrected chi connectivity index (χ2v) is 8.78. The molecule has 4 N–H and O–H groups in total. The SMILES string of the molecule is N[C@@H](CC(=O)N1CSC[C@H]1C(=O)Nc1cc(Cl)ccc1OCC(=O)O)Cc1ccccc1. The van der Waals surface area contributed by atoms with Crippen LogP contribution in [0, 0.1) is 0 Å². The minimum absolute atomic E-state index is 0.128. The number of hydrogen-bond acceptors (Lipinski definition) is 6. The summed E-state index contributed by atoms with van der Waals surface area (Å²) in [5.74, 6) is -0.717. The van der Waals surface area contributed by atoms with Crippen LogP contribution in [-0.2, 0) is 20.8 Å². The molecule has 2 amide bonds. The molecule has 0 aromatic heterocycles. The molecule has 0 unspecified atom stereocenters. The number of nitrogens with one attached hydrogen (secondary N) is 1. The maximum atomic E-state index is 12.9. The van der Waals surface area contributed by atoms with Gasteiger partial charge >= 0.3 is 5.97 Å². The van der Waals surface area contributed by atoms with Gasteiger partial charge in [-0.1, -0.05) is 41.9 Å². The Bertz CT molecular complexity index is 975. The lowest BCUT2D eigenvalue weighted by molar-refractivity contribution is -0.139. The molecule has 1 aliphatic rings. The molecule has 0 aliphatic carbocycles. The molecule has 1 fully saturated rings. The van der Waals surface area contributed by atoms with Crippen LogP contribution in [0.25, 0.3) is 0 Å². The van der Waals surface area contributed by atoms with Gasteiger partial charge in [-0.15, -0.1) is 11.8 Å². The number of hydrogen-bond donors (Lipinski definition) is 3. The van der Waals surface area contributed by atoms with Crippen LogP contribution >= 0.6 is 23.4 Å². The number of carbonyl (C=O) groups is 3. The van der Waals surface area contributed by atoms with Gasteiger partial charge in [0.25, 0.3) is 0 Å². The van der Waals surface area contributed by atoms with Crippen LogP contribution in [0.1, 0.15) is 12.0 Å². The van der Waals surface area contributed by atoms with Crippen LogP contribution in [0.5, 0.6) is 5.75 Å². The smallest absolute Gasteiger partial charge is 0.341 e. The molecule has 2 aromatic carbocycles. The number of nitrogens with zero attached hydrogens (tertiary/aromatic N) is 1. The summed E-state index contributed by atoms with van der Waals surface area (Å²) in [7, 11) is 0. The highest BCUT2D eigenvalue weighted by atomic mass is 35.5. The number of nitrogens with two attached hydrogens (primary N) is 1. The molecule has 2 aromatic rings. The number of ether oxygens (including phenoxy) is 1. The molecule has 8 nitrogen and oxygen atoms in total. The van der Waals surface area contributed by atoms with Gasteiger partial charge in [0, 0.05) is 23.2 Å². The van der Waals surface area contributed by atoms with Crippen molar-refractivity contribution in [2.75, 3.05) is 23.6 Å². The highest BCUT2D eigenvalue weighted by Gasteiger charge is 2.35. The number of anilines is 1. The molecule has 0 bridgehead atoms. The van der Waals surface area contributed by atoms with Gasteiger partial charge < -0.3 is 25.8 Å². The van der Waals surface area contributed by atoms with E-state index in [9.17, 15) is 14.4 Å². The zero-order chi connectivity index (χ0) is 23.1. The molecule has 0 saturated carbocycles. The summed E-state index contributed by atoms with van der Waals surface area (Å²) in [5, 5.41) is 11.9. The Morgan fingerprint density at radius 2 is 2.00 bits per heavy atom. The third-order valence-corrected chi connectivity index (χ3v) is 6.08. The maximum Gasteiger partial charge on any atom is 0.341 e. The first-order chi connectivity index (χ1) is 15.3. The molecular weight excluding hydrogens is 454 g/mol. The van der Waals surface area contributed by atoms with Crippen molar-refractivity contribution in [3.63, 3.8) is 0 Å². The number of carboxylic acids is 1. The van der Waals surface area contributed by atoms with Crippen molar-refractivity contribution in [1.29, 1.82) is 0 Å². The van der Waals surface area contributed by atoms with E-state index in [1.807, 2.05) is 30.3 Å². The topological polar surface area (TPSA) is 122 Å². The van der Waals surface area contributed by atoms with E-state index >= 15 is 0 Å². The first-order valence-electron chi connectivity index (χ1n) is 9.95. The van der Waals surface area contributed by atoms with Crippen LogP contribution in [0.2, 0.25) is 5.02 Å². The fourth-order valence-corrected chi connectivity index (χ4v) is 4.67. The van der Waals surface area contributed by atoms with Gasteiger partial charge in [-0.25, -0.2) is 4.79 Å². The minimum Gasteiger partial charge on any atom is -0.480 e. The number of thioether (sulfide) groups is 1. The van der Waals surface area contributed by atoms with Crippen molar-refractivity contribution in [3.8, 4) is 5.75 Å². The van der Waals surface area contributed by atoms with E-state index in [1.54, 1.807) is 0 Å². The third-order valence-electron chi connectivity index (χ3n) is 4.83. The molecule has 32 heavy (non-hydrogen) atoms. The molecule has 0 radical (unpaired) electrons. The lowest BCUT2D eigenvalue weighted by Crippen LogP contribution is -2.46. The van der Waals surface area contributed by atoms with Crippen LogP contribution in [0.4, 0.5) is 5.69 Å². The van der Waals surface area contributed by atoms with Gasteiger partial charge in [-0.05, 0) is 30.2 Å². The first-order valence-corrected chi connectivity index (χ1v) is 11.5. The molecular formula is C22H24ClN3O5S. The lowest BCUT2D eigenvalue weighted by atomic mass is 10.0. The molecule has 2 atom stereocenters. The van der Waals surface area contributed by atoms with Crippen molar-refractivity contribution in [1.82, 2.24) is 4.90 Å². The zero-order valence-electron chi connectivity index (χ0n) is 17.2. The van der Waals surface area contributed by atoms with Crippen molar-refractivity contribution in [3.05, 3.63) is 59.1 Å². The van der Waals surface area contributed by atoms with E-state index in [1.165, 1.54) is 34.9 Å². The third kappa shape index (κ3) is 6.62. The van der Waals surface area contributed by atoms with Crippen molar-refractivity contribution in [2.45, 2.75) is 24.9 Å². The van der Waals surface area contributed by atoms with Crippen LogP contribution in [0.15, 0.2) is 48.5 Å². The summed E-state index contributed by atoms with van der Waals surface area (Å²) in [5.41, 5.74) is 7.47. The summed E-state index contributed by atoms with van der Waals surface area (Å²) in [6, 6.07) is 13.1.